The maximum atomic E-state index is 12.4. The fourth-order valence-corrected chi connectivity index (χ4v) is 4.03. The Morgan fingerprint density at radius 2 is 2.03 bits per heavy atom. The van der Waals surface area contributed by atoms with E-state index in [0.717, 1.165) is 28.8 Å². The van der Waals surface area contributed by atoms with Crippen LogP contribution in [0.5, 0.6) is 5.75 Å². The van der Waals surface area contributed by atoms with Gasteiger partial charge in [-0.25, -0.2) is 4.79 Å². The third kappa shape index (κ3) is 3.99. The van der Waals surface area contributed by atoms with Crippen molar-refractivity contribution in [1.29, 1.82) is 0 Å². The van der Waals surface area contributed by atoms with Crippen LogP contribution in [0.1, 0.15) is 32.9 Å². The second-order valence-corrected chi connectivity index (χ2v) is 7.71. The molecule has 0 radical (unpaired) electrons. The van der Waals surface area contributed by atoms with Crippen molar-refractivity contribution in [3.63, 3.8) is 0 Å². The minimum absolute atomic E-state index is 0.112. The number of amides is 1. The third-order valence-corrected chi connectivity index (χ3v) is 5.53. The first kappa shape index (κ1) is 20.9. The molecule has 1 aliphatic heterocycles. The van der Waals surface area contributed by atoms with Gasteiger partial charge in [-0.15, -0.1) is 0 Å². The van der Waals surface area contributed by atoms with Gasteiger partial charge in [-0.2, -0.15) is 18.3 Å². The summed E-state index contributed by atoms with van der Waals surface area (Å²) in [6.07, 6.45) is 1.54. The highest BCUT2D eigenvalue weighted by Gasteiger charge is 2.41. The lowest BCUT2D eigenvalue weighted by Crippen LogP contribution is -2.36. The van der Waals surface area contributed by atoms with E-state index in [0.29, 0.717) is 36.5 Å². The second-order valence-electron chi connectivity index (χ2n) is 7.71. The first-order valence-electron chi connectivity index (χ1n) is 10.2. The molecule has 0 saturated heterocycles. The number of aryl methyl sites for hydroxylation is 1. The maximum absolute atomic E-state index is 12.4. The molecule has 2 aliphatic rings. The molecule has 0 atom stereocenters. The van der Waals surface area contributed by atoms with E-state index in [2.05, 4.69) is 20.1 Å². The number of nitrogens with zero attached hydrogens (tertiary/aromatic N) is 3. The molecule has 7 nitrogen and oxygen atoms in total. The number of carbonyl (C=O) groups excluding carboxylic acids is 2. The number of hydrogen-bond donors (Lipinski definition) is 1. The van der Waals surface area contributed by atoms with Gasteiger partial charge >= 0.3 is 12.1 Å². The van der Waals surface area contributed by atoms with E-state index < -0.39 is 12.1 Å². The summed E-state index contributed by atoms with van der Waals surface area (Å²) in [5, 5.41) is 7.52. The first-order valence-corrected chi connectivity index (χ1v) is 10.2. The van der Waals surface area contributed by atoms with Gasteiger partial charge in [0.25, 0.3) is 5.91 Å². The Morgan fingerprint density at radius 1 is 1.18 bits per heavy atom. The largest absolute Gasteiger partial charge is 0.491 e. The third-order valence-electron chi connectivity index (χ3n) is 5.53. The van der Waals surface area contributed by atoms with Crippen LogP contribution in [-0.4, -0.2) is 39.4 Å². The molecule has 10 heteroatoms. The Balaban J connectivity index is 1.42. The molecule has 2 aromatic heterocycles. The quantitative estimate of drug-likeness (QED) is 0.484. The molecule has 168 valence electrons. The Morgan fingerprint density at radius 3 is 2.85 bits per heavy atom. The highest BCUT2D eigenvalue weighted by molar-refractivity contribution is 5.97. The predicted molar refractivity (Wildman–Crippen MR) is 112 cm³/mol. The fraction of sp³-hybridized carbons (Fsp3) is 0.217. The lowest BCUT2D eigenvalue weighted by Gasteiger charge is -2.17. The zero-order valence-electron chi connectivity index (χ0n) is 17.1. The number of pyridine rings is 1. The molecular weight excluding hydrogens is 437 g/mol. The van der Waals surface area contributed by atoms with Crippen LogP contribution in [-0.2, 0) is 24.2 Å². The van der Waals surface area contributed by atoms with E-state index in [-0.39, 0.29) is 11.7 Å². The number of nitrogens with one attached hydrogen (secondary N) is 1. The van der Waals surface area contributed by atoms with E-state index in [9.17, 15) is 22.8 Å². The highest BCUT2D eigenvalue weighted by atomic mass is 19.4. The van der Waals surface area contributed by atoms with E-state index in [1.165, 1.54) is 18.2 Å². The van der Waals surface area contributed by atoms with Crippen molar-refractivity contribution >= 4 is 24.0 Å². The summed E-state index contributed by atoms with van der Waals surface area (Å²) in [6.45, 7) is 1.16. The van der Waals surface area contributed by atoms with Crippen molar-refractivity contribution in [2.24, 2.45) is 0 Å². The van der Waals surface area contributed by atoms with Crippen molar-refractivity contribution < 1.29 is 27.5 Å². The summed E-state index contributed by atoms with van der Waals surface area (Å²) in [5.74, 6) is -2.59. The van der Waals surface area contributed by atoms with Crippen molar-refractivity contribution in [3.05, 3.63) is 64.6 Å². The summed E-state index contributed by atoms with van der Waals surface area (Å²) in [4.78, 5) is 27.8. The molecule has 0 fully saturated rings. The van der Waals surface area contributed by atoms with Gasteiger partial charge in [0, 0.05) is 23.9 Å². The van der Waals surface area contributed by atoms with Gasteiger partial charge in [-0.05, 0) is 48.2 Å². The second kappa shape index (κ2) is 7.88. The molecule has 1 aromatic carbocycles. The number of ether oxygens (including phenoxy) is 1. The molecule has 1 aliphatic carbocycles. The van der Waals surface area contributed by atoms with Crippen LogP contribution in [0.25, 0.3) is 23.4 Å². The summed E-state index contributed by atoms with van der Waals surface area (Å²) in [5.41, 5.74) is 5.43. The van der Waals surface area contributed by atoms with Crippen molar-refractivity contribution in [2.75, 3.05) is 6.54 Å². The number of alkyl halides is 3. The lowest BCUT2D eigenvalue weighted by atomic mass is 9.89. The minimum Gasteiger partial charge on any atom is -0.420 e. The van der Waals surface area contributed by atoms with Gasteiger partial charge in [0.1, 0.15) is 11.4 Å². The number of rotatable bonds is 3. The molecule has 1 N–H and O–H groups in total. The average Bonchev–Trinajstić information content (AvgIpc) is 3.18. The number of carbonyl (C=O) groups is 2. The Bertz CT molecular complexity index is 1310. The zero-order valence-corrected chi connectivity index (χ0v) is 17.1. The molecule has 3 aromatic rings. The van der Waals surface area contributed by atoms with Crippen molar-refractivity contribution in [1.82, 2.24) is 20.1 Å². The number of halogens is 3. The average molecular weight is 454 g/mol. The molecule has 0 unspecified atom stereocenters. The normalized spacial score (nSPS) is 14.9. The smallest absolute Gasteiger partial charge is 0.420 e. The lowest BCUT2D eigenvalue weighted by molar-refractivity contribution is -0.189. The topological polar surface area (TPSA) is 86.1 Å². The Kier molecular flexibility index (Phi) is 4.99. The van der Waals surface area contributed by atoms with E-state index in [1.807, 2.05) is 6.07 Å². The van der Waals surface area contributed by atoms with Gasteiger partial charge in [-0.3, -0.25) is 14.5 Å². The van der Waals surface area contributed by atoms with Crippen LogP contribution in [0.4, 0.5) is 13.2 Å². The summed E-state index contributed by atoms with van der Waals surface area (Å²) >= 11 is 0. The monoisotopic (exact) mass is 454 g/mol. The van der Waals surface area contributed by atoms with Gasteiger partial charge in [0.15, 0.2) is 0 Å². The summed E-state index contributed by atoms with van der Waals surface area (Å²) in [7, 11) is 0. The molecule has 33 heavy (non-hydrogen) atoms. The molecule has 0 bridgehead atoms. The standard InChI is InChI=1S/C23H17F3N4O3/c24-23(25,26)22(32)33-16-3-1-2-13(10-16)4-6-15-11-18-14(12-28-15)5-7-17-19(18)29-30-9-8-27-21(31)20(17)30/h1-4,6,10-12H,5,7-9H2,(H,27,31). The van der Waals surface area contributed by atoms with Crippen LogP contribution >= 0.6 is 0 Å². The number of aromatic nitrogens is 3. The van der Waals surface area contributed by atoms with E-state index in [1.54, 1.807) is 29.1 Å². The van der Waals surface area contributed by atoms with Crippen LogP contribution in [0.2, 0.25) is 0 Å². The Hall–Kier alpha value is -3.95. The molecule has 5 rings (SSSR count). The van der Waals surface area contributed by atoms with Gasteiger partial charge in [0.2, 0.25) is 0 Å². The molecule has 0 spiro atoms. The van der Waals surface area contributed by atoms with Crippen LogP contribution in [0.15, 0.2) is 36.5 Å². The number of esters is 1. The van der Waals surface area contributed by atoms with Crippen LogP contribution in [0, 0.1) is 0 Å². The highest BCUT2D eigenvalue weighted by Crippen LogP contribution is 2.35. The molecule has 3 heterocycles. The van der Waals surface area contributed by atoms with E-state index >= 15 is 0 Å². The van der Waals surface area contributed by atoms with Gasteiger partial charge in [-0.1, -0.05) is 18.2 Å². The minimum atomic E-state index is -5.06. The zero-order chi connectivity index (χ0) is 23.2. The number of fused-ring (bicyclic) bond motifs is 5. The van der Waals surface area contributed by atoms with Crippen molar-refractivity contribution in [2.45, 2.75) is 25.6 Å². The molecule has 0 saturated carbocycles. The number of benzene rings is 1. The molecule has 1 amide bonds. The van der Waals surface area contributed by atoms with Crippen LogP contribution < -0.4 is 10.1 Å². The van der Waals surface area contributed by atoms with Gasteiger partial charge in [0.05, 0.1) is 17.9 Å². The van der Waals surface area contributed by atoms with E-state index in [4.69, 9.17) is 0 Å². The Labute approximate surface area is 185 Å². The maximum Gasteiger partial charge on any atom is 0.491 e. The number of hydrogen-bond acceptors (Lipinski definition) is 5. The predicted octanol–water partition coefficient (Wildman–Crippen LogP) is 3.43. The van der Waals surface area contributed by atoms with Crippen LogP contribution in [0.3, 0.4) is 0 Å². The van der Waals surface area contributed by atoms with Gasteiger partial charge < -0.3 is 10.1 Å². The molecular formula is C23H17F3N4O3. The SMILES string of the molecule is O=C1NCCn2nc3c(c21)CCc1cnc(C=Cc2cccc(OC(=O)C(F)(F)F)c2)cc1-3. The first-order chi connectivity index (χ1) is 15.8. The van der Waals surface area contributed by atoms with Crippen molar-refractivity contribution in [3.8, 4) is 17.0 Å². The summed E-state index contributed by atoms with van der Waals surface area (Å²) < 4.78 is 43.4. The fourth-order valence-electron chi connectivity index (χ4n) is 4.03. The summed E-state index contributed by atoms with van der Waals surface area (Å²) in [6, 6.07) is 7.65.